The van der Waals surface area contributed by atoms with Crippen LogP contribution in [0.5, 0.6) is 0 Å². The van der Waals surface area contributed by atoms with Gasteiger partial charge in [-0.25, -0.2) is 0 Å². The van der Waals surface area contributed by atoms with Gasteiger partial charge in [-0.3, -0.25) is 14.9 Å². The second-order valence-electron chi connectivity index (χ2n) is 5.72. The maximum absolute atomic E-state index is 12.9. The number of nitrogens with two attached hydrogens (primary N) is 1. The van der Waals surface area contributed by atoms with E-state index in [9.17, 15) is 14.9 Å². The zero-order chi connectivity index (χ0) is 17.6. The first-order valence-corrected chi connectivity index (χ1v) is 7.67. The summed E-state index contributed by atoms with van der Waals surface area (Å²) in [4.78, 5) is 25.1. The number of amides is 1. The normalized spacial score (nSPS) is 13.0. The number of nitrogens with zero attached hydrogens (tertiary/aromatic N) is 4. The molecule has 0 aliphatic carbocycles. The zero-order valence-corrected chi connectivity index (χ0v) is 13.0. The fourth-order valence-corrected chi connectivity index (χ4v) is 3.16. The van der Waals surface area contributed by atoms with Crippen molar-refractivity contribution in [1.29, 1.82) is 0 Å². The van der Waals surface area contributed by atoms with Gasteiger partial charge in [0, 0.05) is 18.0 Å². The van der Waals surface area contributed by atoms with Crippen LogP contribution in [0.25, 0.3) is 10.9 Å². The molecule has 8 heteroatoms. The number of hydrogen-bond donors (Lipinski definition) is 1. The average Bonchev–Trinajstić information content (AvgIpc) is 3.05. The molecule has 0 radical (unpaired) electrons. The molecule has 1 aliphatic rings. The van der Waals surface area contributed by atoms with E-state index in [0.717, 1.165) is 0 Å². The quantitative estimate of drug-likeness (QED) is 0.567. The van der Waals surface area contributed by atoms with Gasteiger partial charge in [-0.1, -0.05) is 24.3 Å². The van der Waals surface area contributed by atoms with Crippen LogP contribution in [-0.2, 0) is 6.42 Å². The van der Waals surface area contributed by atoms with E-state index in [4.69, 9.17) is 5.73 Å². The maximum Gasteiger partial charge on any atom is 0.280 e. The maximum atomic E-state index is 12.9. The molecule has 124 valence electrons. The molecule has 0 fully saturated rings. The molecule has 4 rings (SSSR count). The van der Waals surface area contributed by atoms with E-state index >= 15 is 0 Å². The average molecular weight is 335 g/mol. The third kappa shape index (κ3) is 2.26. The number of nitro benzene ring substituents is 1. The Hall–Kier alpha value is -3.55. The first kappa shape index (κ1) is 15.0. The molecule has 0 saturated heterocycles. The summed E-state index contributed by atoms with van der Waals surface area (Å²) in [5.41, 5.74) is 8.14. The van der Waals surface area contributed by atoms with Gasteiger partial charge in [-0.15, -0.1) is 10.2 Å². The Kier molecular flexibility index (Phi) is 3.31. The molecule has 1 amide bonds. The number of aromatic nitrogens is 2. The van der Waals surface area contributed by atoms with E-state index in [2.05, 4.69) is 10.2 Å². The predicted octanol–water partition coefficient (Wildman–Crippen LogP) is 2.32. The largest absolute Gasteiger partial charge is 0.396 e. The highest BCUT2D eigenvalue weighted by Crippen LogP contribution is 2.36. The van der Waals surface area contributed by atoms with Crippen molar-refractivity contribution in [2.45, 2.75) is 6.42 Å². The van der Waals surface area contributed by atoms with E-state index in [1.165, 1.54) is 11.0 Å². The number of anilines is 2. The number of benzene rings is 2. The Bertz CT molecular complexity index is 1030. The molecule has 3 aromatic rings. The molecular formula is C17H13N5O3. The molecule has 2 N–H and O–H groups in total. The van der Waals surface area contributed by atoms with Gasteiger partial charge in [-0.2, -0.15) is 0 Å². The minimum Gasteiger partial charge on any atom is -0.396 e. The zero-order valence-electron chi connectivity index (χ0n) is 13.0. The second kappa shape index (κ2) is 5.52. The van der Waals surface area contributed by atoms with Crippen molar-refractivity contribution in [3.05, 3.63) is 63.8 Å². The Morgan fingerprint density at radius 1 is 1.16 bits per heavy atom. The molecule has 0 saturated carbocycles. The van der Waals surface area contributed by atoms with Crippen molar-refractivity contribution in [1.82, 2.24) is 10.2 Å². The van der Waals surface area contributed by atoms with Gasteiger partial charge in [0.1, 0.15) is 0 Å². The lowest BCUT2D eigenvalue weighted by Gasteiger charge is -2.17. The molecule has 1 aromatic heterocycles. The van der Waals surface area contributed by atoms with Gasteiger partial charge in [-0.05, 0) is 18.6 Å². The fraction of sp³-hybridized carbons (Fsp3) is 0.118. The first-order valence-electron chi connectivity index (χ1n) is 7.67. The van der Waals surface area contributed by atoms with Crippen molar-refractivity contribution >= 4 is 33.9 Å². The van der Waals surface area contributed by atoms with E-state index in [1.807, 2.05) is 12.1 Å². The Morgan fingerprint density at radius 3 is 2.76 bits per heavy atom. The van der Waals surface area contributed by atoms with Crippen molar-refractivity contribution in [3.63, 3.8) is 0 Å². The summed E-state index contributed by atoms with van der Waals surface area (Å²) >= 11 is 0. The Balaban J connectivity index is 1.79. The number of carbonyl (C=O) groups is 1. The molecule has 2 aromatic carbocycles. The number of carbonyl (C=O) groups excluding carboxylic acids is 1. The minimum absolute atomic E-state index is 0.0189. The third-order valence-corrected chi connectivity index (χ3v) is 4.35. The highest BCUT2D eigenvalue weighted by Gasteiger charge is 2.32. The van der Waals surface area contributed by atoms with Gasteiger partial charge in [0.2, 0.25) is 0 Å². The van der Waals surface area contributed by atoms with Crippen LogP contribution in [0.3, 0.4) is 0 Å². The molecule has 0 spiro atoms. The molecular weight excluding hydrogens is 322 g/mol. The van der Waals surface area contributed by atoms with Crippen molar-refractivity contribution in [3.8, 4) is 0 Å². The molecule has 0 atom stereocenters. The molecule has 1 aliphatic heterocycles. The lowest BCUT2D eigenvalue weighted by atomic mass is 10.1. The summed E-state index contributed by atoms with van der Waals surface area (Å²) in [6.45, 7) is 0.340. The first-order chi connectivity index (χ1) is 12.1. The van der Waals surface area contributed by atoms with E-state index in [-0.39, 0.29) is 17.1 Å². The van der Waals surface area contributed by atoms with Gasteiger partial charge >= 0.3 is 0 Å². The van der Waals surface area contributed by atoms with E-state index < -0.39 is 10.8 Å². The SMILES string of the molecule is Nc1c(C(=O)N2CCc3c2cccc3[N+](=O)[O-])nnc2ccccc12. The third-order valence-electron chi connectivity index (χ3n) is 4.35. The molecule has 25 heavy (non-hydrogen) atoms. The second-order valence-corrected chi connectivity index (χ2v) is 5.72. The number of nitrogen functional groups attached to an aromatic ring is 1. The van der Waals surface area contributed by atoms with Gasteiger partial charge in [0.25, 0.3) is 11.6 Å². The van der Waals surface area contributed by atoms with Crippen molar-refractivity contribution in [2.75, 3.05) is 17.2 Å². The van der Waals surface area contributed by atoms with Crippen molar-refractivity contribution in [2.24, 2.45) is 0 Å². The van der Waals surface area contributed by atoms with Gasteiger partial charge < -0.3 is 10.6 Å². The van der Waals surface area contributed by atoms with Crippen LogP contribution < -0.4 is 10.6 Å². The topological polar surface area (TPSA) is 115 Å². The standard InChI is InChI=1S/C17H13N5O3/c18-15-10-4-1-2-5-12(10)19-20-16(15)17(23)21-9-8-11-13(21)6-3-7-14(11)22(24)25/h1-7H,8-9H2,(H2,18,19). The van der Waals surface area contributed by atoms with Crippen LogP contribution >= 0.6 is 0 Å². The molecule has 2 heterocycles. The fourth-order valence-electron chi connectivity index (χ4n) is 3.16. The van der Waals surface area contributed by atoms with Crippen LogP contribution in [-0.4, -0.2) is 27.6 Å². The summed E-state index contributed by atoms with van der Waals surface area (Å²) in [6.07, 6.45) is 0.416. The molecule has 0 unspecified atom stereocenters. The summed E-state index contributed by atoms with van der Waals surface area (Å²) in [6, 6.07) is 11.9. The van der Waals surface area contributed by atoms with Crippen molar-refractivity contribution < 1.29 is 9.72 Å². The summed E-state index contributed by atoms with van der Waals surface area (Å²) in [7, 11) is 0. The highest BCUT2D eigenvalue weighted by molar-refractivity contribution is 6.12. The van der Waals surface area contributed by atoms with E-state index in [0.29, 0.717) is 35.1 Å². The molecule has 0 bridgehead atoms. The smallest absolute Gasteiger partial charge is 0.280 e. The van der Waals surface area contributed by atoms with Crippen LogP contribution in [0.15, 0.2) is 42.5 Å². The number of hydrogen-bond acceptors (Lipinski definition) is 6. The van der Waals surface area contributed by atoms with Crippen LogP contribution in [0, 0.1) is 10.1 Å². The minimum atomic E-state index is -0.434. The lowest BCUT2D eigenvalue weighted by molar-refractivity contribution is -0.385. The summed E-state index contributed by atoms with van der Waals surface area (Å²) in [5.74, 6) is -0.407. The van der Waals surface area contributed by atoms with Crippen LogP contribution in [0.2, 0.25) is 0 Å². The molecule has 8 nitrogen and oxygen atoms in total. The number of fused-ring (bicyclic) bond motifs is 2. The number of nitro groups is 1. The summed E-state index contributed by atoms with van der Waals surface area (Å²) in [5, 5.41) is 19.9. The number of rotatable bonds is 2. The Labute approximate surface area is 142 Å². The van der Waals surface area contributed by atoms with Crippen LogP contribution in [0.1, 0.15) is 16.1 Å². The Morgan fingerprint density at radius 2 is 1.96 bits per heavy atom. The van der Waals surface area contributed by atoms with E-state index in [1.54, 1.807) is 24.3 Å². The van der Waals surface area contributed by atoms with Crippen LogP contribution in [0.4, 0.5) is 17.1 Å². The van der Waals surface area contributed by atoms with Gasteiger partial charge in [0.05, 0.1) is 27.4 Å². The lowest BCUT2D eigenvalue weighted by Crippen LogP contribution is -2.30. The monoisotopic (exact) mass is 335 g/mol. The predicted molar refractivity (Wildman–Crippen MR) is 92.4 cm³/mol. The van der Waals surface area contributed by atoms with Gasteiger partial charge in [0.15, 0.2) is 5.69 Å². The summed E-state index contributed by atoms with van der Waals surface area (Å²) < 4.78 is 0. The highest BCUT2D eigenvalue weighted by atomic mass is 16.6.